The van der Waals surface area contributed by atoms with Gasteiger partial charge in [0.15, 0.2) is 0 Å². The van der Waals surface area contributed by atoms with Crippen LogP contribution in [0.15, 0.2) is 0 Å². The molecule has 1 rings (SSSR count). The van der Waals surface area contributed by atoms with E-state index in [0.717, 1.165) is 0 Å². The van der Waals surface area contributed by atoms with E-state index in [1.165, 1.54) is 6.92 Å². The molecule has 84 valence electrons. The molecule has 0 aromatic carbocycles. The first kappa shape index (κ1) is 12.0. The number of hydrogen-bond donors (Lipinski definition) is 2. The van der Waals surface area contributed by atoms with Crippen molar-refractivity contribution >= 4 is 5.97 Å². The van der Waals surface area contributed by atoms with Crippen molar-refractivity contribution in [2.24, 2.45) is 0 Å². The number of hydrogen-bond acceptors (Lipinski definition) is 4. The van der Waals surface area contributed by atoms with Gasteiger partial charge in [0.25, 0.3) is 0 Å². The van der Waals surface area contributed by atoms with Gasteiger partial charge in [0.05, 0.1) is 6.10 Å². The second-order valence-electron chi connectivity index (χ2n) is 3.92. The molecule has 3 atom stereocenters. The van der Waals surface area contributed by atoms with Crippen molar-refractivity contribution in [3.05, 3.63) is 0 Å². The van der Waals surface area contributed by atoms with E-state index in [9.17, 15) is 15.0 Å². The zero-order chi connectivity index (χ0) is 11.5. The van der Waals surface area contributed by atoms with Gasteiger partial charge in [-0.1, -0.05) is 0 Å². The van der Waals surface area contributed by atoms with Crippen molar-refractivity contribution in [2.45, 2.75) is 50.4 Å². The molecule has 1 aliphatic carbocycles. The Morgan fingerprint density at radius 2 is 2.33 bits per heavy atom. The van der Waals surface area contributed by atoms with Gasteiger partial charge in [-0.15, -0.1) is 12.3 Å². The van der Waals surface area contributed by atoms with E-state index in [-0.39, 0.29) is 6.42 Å². The standard InChI is InChI=1S/C11H16O4/c1-3-7-11(14)9(13)5-4-6-10(11)15-8(2)12/h1,9-10,13-14H,4-7H2,2H3/t9-,10+,11-/m1/s1. The molecule has 0 aliphatic heterocycles. The molecule has 0 unspecified atom stereocenters. The fourth-order valence-electron chi connectivity index (χ4n) is 1.97. The monoisotopic (exact) mass is 212 g/mol. The largest absolute Gasteiger partial charge is 0.459 e. The molecule has 1 saturated carbocycles. The minimum atomic E-state index is -1.49. The van der Waals surface area contributed by atoms with E-state index in [1.807, 2.05) is 0 Å². The number of esters is 1. The lowest BCUT2D eigenvalue weighted by Crippen LogP contribution is -2.56. The number of carbonyl (C=O) groups excluding carboxylic acids is 1. The van der Waals surface area contributed by atoms with Crippen molar-refractivity contribution in [1.82, 2.24) is 0 Å². The molecule has 4 nitrogen and oxygen atoms in total. The van der Waals surface area contributed by atoms with Crippen molar-refractivity contribution < 1.29 is 19.7 Å². The third-order valence-corrected chi connectivity index (χ3v) is 2.77. The highest BCUT2D eigenvalue weighted by molar-refractivity contribution is 5.66. The van der Waals surface area contributed by atoms with Gasteiger partial charge in [0, 0.05) is 13.3 Å². The molecule has 0 spiro atoms. The van der Waals surface area contributed by atoms with Crippen LogP contribution in [0.5, 0.6) is 0 Å². The summed E-state index contributed by atoms with van der Waals surface area (Å²) in [7, 11) is 0. The van der Waals surface area contributed by atoms with E-state index in [2.05, 4.69) is 5.92 Å². The molecule has 0 bridgehead atoms. The second kappa shape index (κ2) is 4.65. The first-order valence-corrected chi connectivity index (χ1v) is 5.02. The van der Waals surface area contributed by atoms with Crippen LogP contribution in [-0.4, -0.2) is 34.0 Å². The average Bonchev–Trinajstić information content (AvgIpc) is 2.13. The number of terminal acetylenes is 1. The fourth-order valence-corrected chi connectivity index (χ4v) is 1.97. The zero-order valence-corrected chi connectivity index (χ0v) is 8.77. The second-order valence-corrected chi connectivity index (χ2v) is 3.92. The van der Waals surface area contributed by atoms with Crippen molar-refractivity contribution in [3.63, 3.8) is 0 Å². The molecule has 0 aromatic heterocycles. The molecule has 0 amide bonds. The molecular weight excluding hydrogens is 196 g/mol. The summed E-state index contributed by atoms with van der Waals surface area (Å²) in [6.07, 6.45) is 5.24. The molecule has 1 fully saturated rings. The van der Waals surface area contributed by atoms with Crippen LogP contribution >= 0.6 is 0 Å². The number of aliphatic hydroxyl groups excluding tert-OH is 1. The highest BCUT2D eigenvalue weighted by Gasteiger charge is 2.47. The quantitative estimate of drug-likeness (QED) is 0.507. The smallest absolute Gasteiger partial charge is 0.303 e. The summed E-state index contributed by atoms with van der Waals surface area (Å²) < 4.78 is 4.99. The molecule has 15 heavy (non-hydrogen) atoms. The molecule has 1 aliphatic rings. The highest BCUT2D eigenvalue weighted by atomic mass is 16.6. The van der Waals surface area contributed by atoms with Crippen LogP contribution in [0.1, 0.15) is 32.6 Å². The van der Waals surface area contributed by atoms with E-state index < -0.39 is 23.8 Å². The number of ether oxygens (including phenoxy) is 1. The highest BCUT2D eigenvalue weighted by Crippen LogP contribution is 2.33. The van der Waals surface area contributed by atoms with Crippen LogP contribution in [0.25, 0.3) is 0 Å². The molecule has 2 N–H and O–H groups in total. The first-order chi connectivity index (χ1) is 7.00. The van der Waals surface area contributed by atoms with Crippen LogP contribution in [0.2, 0.25) is 0 Å². The summed E-state index contributed by atoms with van der Waals surface area (Å²) in [5.41, 5.74) is -1.49. The average molecular weight is 212 g/mol. The Bertz CT molecular complexity index is 281. The maximum absolute atomic E-state index is 10.8. The van der Waals surface area contributed by atoms with Gasteiger partial charge in [0.2, 0.25) is 0 Å². The van der Waals surface area contributed by atoms with Gasteiger partial charge < -0.3 is 14.9 Å². The summed E-state index contributed by atoms with van der Waals surface area (Å²) in [6.45, 7) is 1.28. The Balaban J connectivity index is 2.82. The summed E-state index contributed by atoms with van der Waals surface area (Å²) >= 11 is 0. The summed E-state index contributed by atoms with van der Waals surface area (Å²) in [4.78, 5) is 10.8. The lowest BCUT2D eigenvalue weighted by Gasteiger charge is -2.41. The van der Waals surface area contributed by atoms with Crippen molar-refractivity contribution in [1.29, 1.82) is 0 Å². The zero-order valence-electron chi connectivity index (χ0n) is 8.77. The molecule has 4 heteroatoms. The van der Waals surface area contributed by atoms with E-state index in [1.54, 1.807) is 0 Å². The summed E-state index contributed by atoms with van der Waals surface area (Å²) in [5.74, 6) is 1.84. The Labute approximate surface area is 89.2 Å². The minimum absolute atomic E-state index is 0.00782. The molecule has 0 radical (unpaired) electrons. The number of rotatable bonds is 2. The topological polar surface area (TPSA) is 66.8 Å². The van der Waals surface area contributed by atoms with Crippen LogP contribution in [0.4, 0.5) is 0 Å². The molecule has 0 saturated heterocycles. The van der Waals surface area contributed by atoms with E-state index in [0.29, 0.717) is 19.3 Å². The van der Waals surface area contributed by atoms with Crippen LogP contribution in [0.3, 0.4) is 0 Å². The Morgan fingerprint density at radius 1 is 1.67 bits per heavy atom. The first-order valence-electron chi connectivity index (χ1n) is 5.02. The SMILES string of the molecule is C#CC[C@@]1(O)[C@H](O)CCC[C@@H]1OC(C)=O. The van der Waals surface area contributed by atoms with Crippen LogP contribution < -0.4 is 0 Å². The molecule has 0 aromatic rings. The molecular formula is C11H16O4. The Kier molecular flexibility index (Phi) is 3.72. The van der Waals surface area contributed by atoms with Gasteiger partial charge in [-0.25, -0.2) is 0 Å². The van der Waals surface area contributed by atoms with Gasteiger partial charge in [-0.2, -0.15) is 0 Å². The third-order valence-electron chi connectivity index (χ3n) is 2.77. The van der Waals surface area contributed by atoms with Crippen molar-refractivity contribution in [3.8, 4) is 12.3 Å². The maximum Gasteiger partial charge on any atom is 0.303 e. The predicted molar refractivity (Wildman–Crippen MR) is 53.8 cm³/mol. The summed E-state index contributed by atoms with van der Waals surface area (Å²) in [5, 5.41) is 19.9. The van der Waals surface area contributed by atoms with Crippen LogP contribution in [-0.2, 0) is 9.53 Å². The summed E-state index contributed by atoms with van der Waals surface area (Å²) in [6, 6.07) is 0. The normalized spacial score (nSPS) is 35.6. The van der Waals surface area contributed by atoms with Gasteiger partial charge in [-0.05, 0) is 19.3 Å². The van der Waals surface area contributed by atoms with Gasteiger partial charge in [0.1, 0.15) is 11.7 Å². The van der Waals surface area contributed by atoms with Gasteiger partial charge in [-0.3, -0.25) is 4.79 Å². The number of carbonyl (C=O) groups is 1. The van der Waals surface area contributed by atoms with Crippen LogP contribution in [0, 0.1) is 12.3 Å². The van der Waals surface area contributed by atoms with Gasteiger partial charge >= 0.3 is 5.97 Å². The Morgan fingerprint density at radius 3 is 2.87 bits per heavy atom. The van der Waals surface area contributed by atoms with Crippen molar-refractivity contribution in [2.75, 3.05) is 0 Å². The predicted octanol–water partition coefficient (Wildman–Crippen LogP) is 0.217. The Hall–Kier alpha value is -1.05. The van der Waals surface area contributed by atoms with E-state index in [4.69, 9.17) is 11.2 Å². The fraction of sp³-hybridized carbons (Fsp3) is 0.727. The lowest BCUT2D eigenvalue weighted by molar-refractivity contribution is -0.191. The maximum atomic E-state index is 10.8. The number of aliphatic hydroxyl groups is 2. The minimum Gasteiger partial charge on any atom is -0.459 e. The third kappa shape index (κ3) is 2.49. The van der Waals surface area contributed by atoms with E-state index >= 15 is 0 Å². The lowest BCUT2D eigenvalue weighted by atomic mass is 9.77. The molecule has 0 heterocycles.